The van der Waals surface area contributed by atoms with Gasteiger partial charge in [0.2, 0.25) is 0 Å². The Morgan fingerprint density at radius 1 is 0.714 bits per heavy atom. The number of rotatable bonds is 7. The largest absolute Gasteiger partial charge is 0.497 e. The number of ether oxygens (including phenoxy) is 2. The summed E-state index contributed by atoms with van der Waals surface area (Å²) in [7, 11) is 1.66. The highest BCUT2D eigenvalue weighted by Gasteiger charge is 1.91. The molecule has 0 aliphatic rings. The minimum atomic E-state index is 0.851. The molecule has 0 spiro atoms. The molecule has 0 heterocycles. The Hall–Kier alpha value is -1.96. The maximum absolute atomic E-state index is 5.55. The summed E-state index contributed by atoms with van der Waals surface area (Å²) in [6, 6.07) is 19.7. The fourth-order valence-corrected chi connectivity index (χ4v) is 1.79. The molecule has 2 aromatic rings. The molecule has 0 saturated carbocycles. The Kier molecular flexibility index (Phi) is 9.63. The van der Waals surface area contributed by atoms with E-state index in [-0.39, 0.29) is 0 Å². The quantitative estimate of drug-likeness (QED) is 0.639. The third-order valence-corrected chi connectivity index (χ3v) is 2.99. The normalized spacial score (nSPS) is 9.43. The van der Waals surface area contributed by atoms with Gasteiger partial charge in [0.05, 0.1) is 13.7 Å². The number of unbranched alkanes of at least 4 members (excludes halogenated alkanes) is 3. The highest BCUT2D eigenvalue weighted by molar-refractivity contribution is 5.21. The van der Waals surface area contributed by atoms with Crippen LogP contribution in [-0.2, 0) is 0 Å². The lowest BCUT2D eigenvalue weighted by Gasteiger charge is -2.04. The van der Waals surface area contributed by atoms with Crippen molar-refractivity contribution in [3.63, 3.8) is 0 Å². The number of methoxy groups -OCH3 is 1. The molecule has 0 bridgehead atoms. The van der Waals surface area contributed by atoms with Crippen molar-refractivity contribution in [1.29, 1.82) is 0 Å². The van der Waals surface area contributed by atoms with Crippen LogP contribution >= 0.6 is 0 Å². The van der Waals surface area contributed by atoms with E-state index in [1.807, 2.05) is 60.7 Å². The van der Waals surface area contributed by atoms with E-state index < -0.39 is 0 Å². The van der Waals surface area contributed by atoms with Gasteiger partial charge in [-0.15, -0.1) is 0 Å². The van der Waals surface area contributed by atoms with E-state index in [1.165, 1.54) is 25.7 Å². The maximum Gasteiger partial charge on any atom is 0.119 e. The zero-order valence-electron chi connectivity index (χ0n) is 13.1. The zero-order valence-corrected chi connectivity index (χ0v) is 13.1. The van der Waals surface area contributed by atoms with E-state index in [2.05, 4.69) is 6.92 Å². The van der Waals surface area contributed by atoms with Gasteiger partial charge in [-0.2, -0.15) is 0 Å². The average Bonchev–Trinajstić information content (AvgIpc) is 2.57. The van der Waals surface area contributed by atoms with Crippen LogP contribution in [0.25, 0.3) is 0 Å². The smallest absolute Gasteiger partial charge is 0.119 e. The molecule has 21 heavy (non-hydrogen) atoms. The van der Waals surface area contributed by atoms with Gasteiger partial charge in [-0.25, -0.2) is 0 Å². The van der Waals surface area contributed by atoms with Crippen molar-refractivity contribution in [2.45, 2.75) is 32.6 Å². The molecule has 0 aliphatic heterocycles. The van der Waals surface area contributed by atoms with Crippen LogP contribution in [0.15, 0.2) is 60.7 Å². The molecule has 2 rings (SSSR count). The Bertz CT molecular complexity index is 440. The molecule has 0 aliphatic carbocycles. The van der Waals surface area contributed by atoms with Crippen LogP contribution in [0, 0.1) is 0 Å². The van der Waals surface area contributed by atoms with Crippen LogP contribution < -0.4 is 9.47 Å². The van der Waals surface area contributed by atoms with Crippen LogP contribution in [-0.4, -0.2) is 13.7 Å². The summed E-state index contributed by atoms with van der Waals surface area (Å²) in [5.74, 6) is 1.89. The van der Waals surface area contributed by atoms with Gasteiger partial charge in [-0.05, 0) is 30.7 Å². The molecule has 2 heteroatoms. The average molecular weight is 286 g/mol. The van der Waals surface area contributed by atoms with E-state index in [0.717, 1.165) is 18.1 Å². The zero-order chi connectivity index (χ0) is 15.2. The highest BCUT2D eigenvalue weighted by Crippen LogP contribution is 2.09. The molecule has 0 saturated heterocycles. The van der Waals surface area contributed by atoms with Gasteiger partial charge >= 0.3 is 0 Å². The van der Waals surface area contributed by atoms with Gasteiger partial charge in [0.15, 0.2) is 0 Å². The first-order valence-corrected chi connectivity index (χ1v) is 7.63. The molecular weight excluding hydrogens is 260 g/mol. The van der Waals surface area contributed by atoms with Crippen molar-refractivity contribution in [2.75, 3.05) is 13.7 Å². The molecule has 0 N–H and O–H groups in total. The second-order valence-electron chi connectivity index (χ2n) is 4.74. The molecule has 2 aromatic carbocycles. The molecule has 0 amide bonds. The number of hydrogen-bond acceptors (Lipinski definition) is 2. The minimum Gasteiger partial charge on any atom is -0.497 e. The van der Waals surface area contributed by atoms with Gasteiger partial charge in [-0.3, -0.25) is 0 Å². The van der Waals surface area contributed by atoms with E-state index >= 15 is 0 Å². The number of hydrogen-bond donors (Lipinski definition) is 0. The van der Waals surface area contributed by atoms with Gasteiger partial charge in [0, 0.05) is 0 Å². The standard InChI is InChI=1S/C12H18O.C7H8O/c1-2-3-4-8-11-13-12-9-6-5-7-10-12;1-8-7-5-3-2-4-6-7/h5-7,9-10H,2-4,8,11H2,1H3;2-6H,1H3. The first-order chi connectivity index (χ1) is 10.4. The minimum absolute atomic E-state index is 0.851. The Labute approximate surface area is 128 Å². The summed E-state index contributed by atoms with van der Waals surface area (Å²) >= 11 is 0. The van der Waals surface area contributed by atoms with Crippen LogP contribution in [0.3, 0.4) is 0 Å². The molecular formula is C19H26O2. The summed E-state index contributed by atoms with van der Waals surface area (Å²) in [5.41, 5.74) is 0. The van der Waals surface area contributed by atoms with E-state index in [9.17, 15) is 0 Å². The molecule has 0 fully saturated rings. The van der Waals surface area contributed by atoms with Crippen LogP contribution in [0.2, 0.25) is 0 Å². The second-order valence-corrected chi connectivity index (χ2v) is 4.74. The van der Waals surface area contributed by atoms with Gasteiger partial charge in [-0.1, -0.05) is 62.6 Å². The molecule has 2 nitrogen and oxygen atoms in total. The van der Waals surface area contributed by atoms with Crippen molar-refractivity contribution >= 4 is 0 Å². The van der Waals surface area contributed by atoms with Crippen LogP contribution in [0.5, 0.6) is 11.5 Å². The molecule has 0 atom stereocenters. The Morgan fingerprint density at radius 2 is 1.29 bits per heavy atom. The Balaban J connectivity index is 0.000000235. The fraction of sp³-hybridized carbons (Fsp3) is 0.368. The van der Waals surface area contributed by atoms with Crippen LogP contribution in [0.1, 0.15) is 32.6 Å². The lowest BCUT2D eigenvalue weighted by molar-refractivity contribution is 0.305. The predicted octanol–water partition coefficient (Wildman–Crippen LogP) is 5.34. The predicted molar refractivity (Wildman–Crippen MR) is 89.1 cm³/mol. The van der Waals surface area contributed by atoms with E-state index in [0.29, 0.717) is 0 Å². The van der Waals surface area contributed by atoms with Crippen molar-refractivity contribution in [1.82, 2.24) is 0 Å². The van der Waals surface area contributed by atoms with E-state index in [1.54, 1.807) is 7.11 Å². The summed E-state index contributed by atoms with van der Waals surface area (Å²) in [4.78, 5) is 0. The van der Waals surface area contributed by atoms with Crippen LogP contribution in [0.4, 0.5) is 0 Å². The molecule has 0 radical (unpaired) electrons. The van der Waals surface area contributed by atoms with Crippen molar-refractivity contribution in [2.24, 2.45) is 0 Å². The maximum atomic E-state index is 5.55. The topological polar surface area (TPSA) is 18.5 Å². The van der Waals surface area contributed by atoms with Gasteiger partial charge in [0.1, 0.15) is 11.5 Å². The van der Waals surface area contributed by atoms with Gasteiger partial charge in [0.25, 0.3) is 0 Å². The molecule has 0 unspecified atom stereocenters. The lowest BCUT2D eigenvalue weighted by Crippen LogP contribution is -1.96. The Morgan fingerprint density at radius 3 is 1.76 bits per heavy atom. The lowest BCUT2D eigenvalue weighted by atomic mass is 10.2. The summed E-state index contributed by atoms with van der Waals surface area (Å²) in [6.45, 7) is 3.07. The summed E-state index contributed by atoms with van der Waals surface area (Å²) in [6.07, 6.45) is 5.05. The third kappa shape index (κ3) is 8.74. The molecule has 0 aromatic heterocycles. The van der Waals surface area contributed by atoms with Crippen molar-refractivity contribution in [3.05, 3.63) is 60.7 Å². The first kappa shape index (κ1) is 17.1. The van der Waals surface area contributed by atoms with Gasteiger partial charge < -0.3 is 9.47 Å². The first-order valence-electron chi connectivity index (χ1n) is 7.63. The van der Waals surface area contributed by atoms with Crippen molar-refractivity contribution in [3.8, 4) is 11.5 Å². The summed E-state index contributed by atoms with van der Waals surface area (Å²) < 4.78 is 10.5. The molecule has 114 valence electrons. The SMILES string of the molecule is CCCCCCOc1ccccc1.COc1ccccc1. The fourth-order valence-electron chi connectivity index (χ4n) is 1.79. The summed E-state index contributed by atoms with van der Waals surface area (Å²) in [5, 5.41) is 0. The van der Waals surface area contributed by atoms with E-state index in [4.69, 9.17) is 9.47 Å². The third-order valence-electron chi connectivity index (χ3n) is 2.99. The van der Waals surface area contributed by atoms with Crippen molar-refractivity contribution < 1.29 is 9.47 Å². The number of para-hydroxylation sites is 2. The highest BCUT2D eigenvalue weighted by atomic mass is 16.5. The number of benzene rings is 2. The second kappa shape index (κ2) is 11.8. The monoisotopic (exact) mass is 286 g/mol.